The van der Waals surface area contributed by atoms with E-state index >= 15 is 0 Å². The molecule has 154 valence electrons. The van der Waals surface area contributed by atoms with E-state index in [2.05, 4.69) is 30.2 Å². The van der Waals surface area contributed by atoms with Crippen LogP contribution < -0.4 is 14.8 Å². The highest BCUT2D eigenvalue weighted by atomic mass is 32.2. The molecule has 1 atom stereocenters. The van der Waals surface area contributed by atoms with Gasteiger partial charge in [0.2, 0.25) is 5.91 Å². The first-order valence-electron chi connectivity index (χ1n) is 9.51. The minimum atomic E-state index is -0.403. The van der Waals surface area contributed by atoms with E-state index in [1.807, 2.05) is 13.0 Å². The van der Waals surface area contributed by atoms with Crippen LogP contribution >= 0.6 is 11.8 Å². The van der Waals surface area contributed by atoms with Gasteiger partial charge in [0.05, 0.1) is 30.7 Å². The summed E-state index contributed by atoms with van der Waals surface area (Å²) in [7, 11) is 3.12. The highest BCUT2D eigenvalue weighted by Crippen LogP contribution is 2.32. The number of thioether (sulfide) groups is 1. The molecular weight excluding hydrogens is 386 g/mol. The summed E-state index contributed by atoms with van der Waals surface area (Å²) in [6, 6.07) is 11.1. The molecule has 0 bridgehead atoms. The van der Waals surface area contributed by atoms with E-state index < -0.39 is 5.25 Å². The third-order valence-electron chi connectivity index (χ3n) is 4.24. The lowest BCUT2D eigenvalue weighted by molar-refractivity contribution is -0.115. The van der Waals surface area contributed by atoms with Gasteiger partial charge in [-0.1, -0.05) is 32.5 Å². The second-order valence-corrected chi connectivity index (χ2v) is 8.13. The molecule has 6 nitrogen and oxygen atoms in total. The van der Waals surface area contributed by atoms with Crippen LogP contribution in [0.2, 0.25) is 0 Å². The summed E-state index contributed by atoms with van der Waals surface area (Å²) in [5, 5.41) is 12.5. The van der Waals surface area contributed by atoms with E-state index in [1.165, 1.54) is 11.8 Å². The quantitative estimate of drug-likeness (QED) is 0.601. The molecule has 0 fully saturated rings. The lowest BCUT2D eigenvalue weighted by Crippen LogP contribution is -2.25. The first-order valence-corrected chi connectivity index (χ1v) is 10.4. The molecule has 1 amide bonds. The number of methoxy groups -OCH3 is 2. The van der Waals surface area contributed by atoms with Crippen molar-refractivity contribution in [3.8, 4) is 17.6 Å². The molecule has 0 aliphatic carbocycles. The number of pyridine rings is 1. The van der Waals surface area contributed by atoms with Crippen LogP contribution in [0.15, 0.2) is 35.4 Å². The molecule has 2 rings (SSSR count). The number of nitrogens with zero attached hydrogens (tertiary/aromatic N) is 2. The maximum absolute atomic E-state index is 12.9. The number of ether oxygens (including phenoxy) is 2. The molecule has 1 unspecified atom stereocenters. The van der Waals surface area contributed by atoms with Gasteiger partial charge in [0.1, 0.15) is 22.6 Å². The van der Waals surface area contributed by atoms with Gasteiger partial charge in [0.15, 0.2) is 0 Å². The molecule has 1 N–H and O–H groups in total. The number of carbonyl (C=O) groups excluding carboxylic acids is 1. The second-order valence-electron chi connectivity index (χ2n) is 6.94. The molecule has 0 radical (unpaired) electrons. The van der Waals surface area contributed by atoms with E-state index in [4.69, 9.17) is 9.47 Å². The van der Waals surface area contributed by atoms with Crippen LogP contribution in [0.25, 0.3) is 0 Å². The van der Waals surface area contributed by atoms with Gasteiger partial charge in [-0.05, 0) is 43.0 Å². The van der Waals surface area contributed by atoms with Crippen LogP contribution in [0.1, 0.15) is 38.4 Å². The summed E-state index contributed by atoms with van der Waals surface area (Å²) in [4.78, 5) is 17.6. The fraction of sp³-hybridized carbons (Fsp3) is 0.409. The van der Waals surface area contributed by atoms with Crippen LogP contribution in [0, 0.1) is 17.2 Å². The summed E-state index contributed by atoms with van der Waals surface area (Å²) < 4.78 is 10.6. The molecule has 0 aliphatic rings. The van der Waals surface area contributed by atoms with Crippen LogP contribution in [0.4, 0.5) is 5.69 Å². The third kappa shape index (κ3) is 6.13. The van der Waals surface area contributed by atoms with Crippen molar-refractivity contribution in [1.29, 1.82) is 5.26 Å². The minimum absolute atomic E-state index is 0.177. The normalized spacial score (nSPS) is 11.6. The Labute approximate surface area is 176 Å². The Morgan fingerprint density at radius 2 is 2.00 bits per heavy atom. The summed E-state index contributed by atoms with van der Waals surface area (Å²) >= 11 is 1.31. The van der Waals surface area contributed by atoms with Gasteiger partial charge in [-0.3, -0.25) is 4.79 Å². The lowest BCUT2D eigenvalue weighted by Gasteiger charge is -2.17. The maximum Gasteiger partial charge on any atom is 0.238 e. The average molecular weight is 414 g/mol. The van der Waals surface area contributed by atoms with Gasteiger partial charge >= 0.3 is 0 Å². The van der Waals surface area contributed by atoms with Gasteiger partial charge < -0.3 is 14.8 Å². The number of nitriles is 1. The fourth-order valence-electron chi connectivity index (χ4n) is 2.77. The number of carbonyl (C=O) groups is 1. The average Bonchev–Trinajstić information content (AvgIpc) is 2.71. The van der Waals surface area contributed by atoms with Crippen LogP contribution in [-0.2, 0) is 11.2 Å². The Bertz CT molecular complexity index is 893. The van der Waals surface area contributed by atoms with E-state index in [1.54, 1.807) is 38.5 Å². The zero-order valence-corrected chi connectivity index (χ0v) is 18.3. The van der Waals surface area contributed by atoms with Crippen molar-refractivity contribution in [2.24, 2.45) is 5.92 Å². The fourth-order valence-corrected chi connectivity index (χ4v) is 3.78. The van der Waals surface area contributed by atoms with Crippen molar-refractivity contribution < 1.29 is 14.3 Å². The molecule has 1 aromatic carbocycles. The number of nitrogens with one attached hydrogen (secondary N) is 1. The Kier molecular flexibility index (Phi) is 8.34. The zero-order chi connectivity index (χ0) is 21.4. The monoisotopic (exact) mass is 413 g/mol. The lowest BCUT2D eigenvalue weighted by atomic mass is 10.1. The second kappa shape index (κ2) is 10.7. The van der Waals surface area contributed by atoms with Crippen LogP contribution in [0.5, 0.6) is 11.5 Å². The van der Waals surface area contributed by atoms with Gasteiger partial charge in [-0.2, -0.15) is 5.26 Å². The first-order chi connectivity index (χ1) is 13.9. The van der Waals surface area contributed by atoms with Crippen molar-refractivity contribution in [3.05, 3.63) is 41.6 Å². The Morgan fingerprint density at radius 1 is 1.24 bits per heavy atom. The van der Waals surface area contributed by atoms with Crippen molar-refractivity contribution in [3.63, 3.8) is 0 Å². The molecule has 1 aromatic heterocycles. The Balaban J connectivity index is 2.24. The van der Waals surface area contributed by atoms with Crippen LogP contribution in [-0.4, -0.2) is 30.4 Å². The largest absolute Gasteiger partial charge is 0.497 e. The topological polar surface area (TPSA) is 84.2 Å². The third-order valence-corrected chi connectivity index (χ3v) is 5.60. The van der Waals surface area contributed by atoms with Crippen molar-refractivity contribution in [2.75, 3.05) is 19.5 Å². The molecule has 1 heterocycles. The molecule has 7 heteroatoms. The zero-order valence-electron chi connectivity index (χ0n) is 17.5. The Morgan fingerprint density at radius 3 is 2.59 bits per heavy atom. The maximum atomic E-state index is 12.9. The van der Waals surface area contributed by atoms with E-state index in [9.17, 15) is 10.1 Å². The number of rotatable bonds is 9. The van der Waals surface area contributed by atoms with Crippen LogP contribution in [0.3, 0.4) is 0 Å². The van der Waals surface area contributed by atoms with Gasteiger partial charge in [0.25, 0.3) is 0 Å². The number of hydrogen-bond acceptors (Lipinski definition) is 6. The molecular formula is C22H27N3O3S. The highest BCUT2D eigenvalue weighted by molar-refractivity contribution is 8.00. The molecule has 0 saturated heterocycles. The van der Waals surface area contributed by atoms with Crippen molar-refractivity contribution in [1.82, 2.24) is 4.98 Å². The van der Waals surface area contributed by atoms with Gasteiger partial charge in [-0.25, -0.2) is 4.98 Å². The van der Waals surface area contributed by atoms with Gasteiger partial charge in [-0.15, -0.1) is 0 Å². The Hall–Kier alpha value is -2.72. The number of aromatic nitrogens is 1. The number of anilines is 1. The van der Waals surface area contributed by atoms with E-state index in [0.29, 0.717) is 40.1 Å². The predicted octanol–water partition coefficient (Wildman–Crippen LogP) is 4.68. The summed E-state index contributed by atoms with van der Waals surface area (Å²) in [6.07, 6.45) is 1.41. The van der Waals surface area contributed by atoms with Crippen molar-refractivity contribution in [2.45, 2.75) is 43.9 Å². The number of amides is 1. The number of hydrogen-bond donors (Lipinski definition) is 1. The standard InChI is InChI=1S/C22H27N3O3S/c1-6-20(21(26)25-18-12-17(27-4)9-10-19(18)28-5)29-22-15(13-23)7-8-16(24-22)11-14(2)3/h7-10,12,14,20H,6,11H2,1-5H3,(H,25,26). The summed E-state index contributed by atoms with van der Waals surface area (Å²) in [6.45, 7) is 6.18. The molecule has 2 aromatic rings. The molecule has 0 saturated carbocycles. The molecule has 0 aliphatic heterocycles. The van der Waals surface area contributed by atoms with E-state index in [0.717, 1.165) is 12.1 Å². The SMILES string of the molecule is CCC(Sc1nc(CC(C)C)ccc1C#N)C(=O)Nc1cc(OC)ccc1OC. The van der Waals surface area contributed by atoms with E-state index in [-0.39, 0.29) is 5.91 Å². The first kappa shape index (κ1) is 22.6. The van der Waals surface area contributed by atoms with Crippen molar-refractivity contribution >= 4 is 23.4 Å². The number of benzene rings is 1. The summed E-state index contributed by atoms with van der Waals surface area (Å²) in [5.41, 5.74) is 1.94. The molecule has 0 spiro atoms. The molecule has 29 heavy (non-hydrogen) atoms. The minimum Gasteiger partial charge on any atom is -0.497 e. The highest BCUT2D eigenvalue weighted by Gasteiger charge is 2.22. The smallest absolute Gasteiger partial charge is 0.238 e. The predicted molar refractivity (Wildman–Crippen MR) is 116 cm³/mol. The van der Waals surface area contributed by atoms with Gasteiger partial charge in [0, 0.05) is 11.8 Å². The summed E-state index contributed by atoms with van der Waals surface area (Å²) in [5.74, 6) is 1.45.